The van der Waals surface area contributed by atoms with E-state index in [1.807, 2.05) is 0 Å². The fraction of sp³-hybridized carbons (Fsp3) is 0. The number of hydrogen-bond acceptors (Lipinski definition) is 2. The summed E-state index contributed by atoms with van der Waals surface area (Å²) in [5.74, 6) is 0. The number of benzene rings is 9. The molecule has 0 aliphatic heterocycles. The smallest absolute Gasteiger partial charge is 0.0482 e. The lowest BCUT2D eigenvalue weighted by molar-refractivity contribution is 1.25. The molecule has 0 aliphatic carbocycles. The molecule has 2 heteroatoms. The number of para-hydroxylation sites is 3. The second-order valence-electron chi connectivity index (χ2n) is 13.1. The Bertz CT molecular complexity index is 2570. The second kappa shape index (κ2) is 13.8. The van der Waals surface area contributed by atoms with E-state index >= 15 is 0 Å². The van der Waals surface area contributed by atoms with Gasteiger partial charge in [-0.25, -0.2) is 0 Å². The van der Waals surface area contributed by atoms with Gasteiger partial charge in [0.25, 0.3) is 0 Å². The zero-order chi connectivity index (χ0) is 34.7. The van der Waals surface area contributed by atoms with Crippen LogP contribution < -0.4 is 9.80 Å². The summed E-state index contributed by atoms with van der Waals surface area (Å²) in [6.07, 6.45) is 0. The molecule has 0 heterocycles. The SMILES string of the molecule is c1ccc(N(c2ccccc2)c2cccc(N(c3ccccc3)c3ccc(-c4ccc5ccc(-c6ccc7ccccc7c6)cc5c4)cc3)c2)cc1. The summed E-state index contributed by atoms with van der Waals surface area (Å²) in [7, 11) is 0. The van der Waals surface area contributed by atoms with E-state index in [1.54, 1.807) is 0 Å². The quantitative estimate of drug-likeness (QED) is 0.159. The first-order chi connectivity index (χ1) is 25.8. The number of hydrogen-bond donors (Lipinski definition) is 0. The van der Waals surface area contributed by atoms with E-state index in [2.05, 4.69) is 228 Å². The van der Waals surface area contributed by atoms with Crippen LogP contribution in [0.1, 0.15) is 0 Å². The summed E-state index contributed by atoms with van der Waals surface area (Å²) in [4.78, 5) is 4.64. The minimum absolute atomic E-state index is 1.08. The highest BCUT2D eigenvalue weighted by Gasteiger charge is 2.17. The van der Waals surface area contributed by atoms with Crippen LogP contribution in [-0.2, 0) is 0 Å². The van der Waals surface area contributed by atoms with Crippen molar-refractivity contribution in [3.05, 3.63) is 218 Å². The second-order valence-corrected chi connectivity index (χ2v) is 13.1. The molecule has 0 radical (unpaired) electrons. The molecule has 0 aromatic heterocycles. The summed E-state index contributed by atoms with van der Waals surface area (Å²) >= 11 is 0. The topological polar surface area (TPSA) is 6.48 Å². The first-order valence-electron chi connectivity index (χ1n) is 17.8. The first-order valence-corrected chi connectivity index (χ1v) is 17.8. The Balaban J connectivity index is 1.07. The Morgan fingerprint density at radius 1 is 0.192 bits per heavy atom. The molecule has 0 atom stereocenters. The van der Waals surface area contributed by atoms with E-state index in [9.17, 15) is 0 Å². The van der Waals surface area contributed by atoms with E-state index < -0.39 is 0 Å². The maximum absolute atomic E-state index is 2.33. The molecule has 9 rings (SSSR count). The Kier molecular flexibility index (Phi) is 8.24. The lowest BCUT2D eigenvalue weighted by Crippen LogP contribution is -2.13. The molecule has 246 valence electrons. The van der Waals surface area contributed by atoms with Crippen LogP contribution in [0.3, 0.4) is 0 Å². The van der Waals surface area contributed by atoms with Gasteiger partial charge in [0.05, 0.1) is 0 Å². The number of fused-ring (bicyclic) bond motifs is 2. The highest BCUT2D eigenvalue weighted by Crippen LogP contribution is 2.41. The molecule has 0 saturated heterocycles. The molecule has 9 aromatic rings. The standard InChI is InChI=1S/C50H36N2/c1-4-15-45(16-5-1)51(46-17-6-2-7-18-46)49-21-12-22-50(36-49)52(47-19-8-3-9-20-47)48-31-29-38(30-32-48)41-26-24-39-25-28-43(35-44(39)34-41)42-27-23-37-13-10-11-14-40(37)33-42/h1-36H. The third kappa shape index (κ3) is 6.19. The van der Waals surface area contributed by atoms with Crippen molar-refractivity contribution < 1.29 is 0 Å². The van der Waals surface area contributed by atoms with Gasteiger partial charge in [-0.1, -0.05) is 133 Å². The zero-order valence-electron chi connectivity index (χ0n) is 28.7. The molecule has 52 heavy (non-hydrogen) atoms. The summed E-state index contributed by atoms with van der Waals surface area (Å²) in [5, 5.41) is 4.99. The summed E-state index contributed by atoms with van der Waals surface area (Å²) in [6.45, 7) is 0. The third-order valence-corrected chi connectivity index (χ3v) is 9.77. The maximum Gasteiger partial charge on any atom is 0.0482 e. The van der Waals surface area contributed by atoms with E-state index in [1.165, 1.54) is 43.8 Å². The highest BCUT2D eigenvalue weighted by atomic mass is 15.2. The number of rotatable bonds is 8. The van der Waals surface area contributed by atoms with Crippen LogP contribution in [0.4, 0.5) is 34.1 Å². The van der Waals surface area contributed by atoms with Crippen molar-refractivity contribution in [2.45, 2.75) is 0 Å². The van der Waals surface area contributed by atoms with Gasteiger partial charge in [-0.05, 0) is 129 Å². The fourth-order valence-corrected chi connectivity index (χ4v) is 7.17. The Morgan fingerprint density at radius 2 is 0.538 bits per heavy atom. The van der Waals surface area contributed by atoms with Crippen LogP contribution in [0, 0.1) is 0 Å². The molecule has 0 spiro atoms. The van der Waals surface area contributed by atoms with Gasteiger partial charge in [0.15, 0.2) is 0 Å². The predicted molar refractivity (Wildman–Crippen MR) is 222 cm³/mol. The molecule has 0 fully saturated rings. The molecule has 0 amide bonds. The maximum atomic E-state index is 2.33. The van der Waals surface area contributed by atoms with Crippen molar-refractivity contribution in [3.8, 4) is 22.3 Å². The summed E-state index contributed by atoms with van der Waals surface area (Å²) in [6, 6.07) is 78.3. The van der Waals surface area contributed by atoms with Gasteiger partial charge in [-0.2, -0.15) is 0 Å². The van der Waals surface area contributed by atoms with Crippen molar-refractivity contribution in [3.63, 3.8) is 0 Å². The van der Waals surface area contributed by atoms with Gasteiger partial charge in [0.2, 0.25) is 0 Å². The fourth-order valence-electron chi connectivity index (χ4n) is 7.17. The third-order valence-electron chi connectivity index (χ3n) is 9.77. The van der Waals surface area contributed by atoms with Gasteiger partial charge < -0.3 is 9.80 Å². The Morgan fingerprint density at radius 3 is 1.04 bits per heavy atom. The van der Waals surface area contributed by atoms with Crippen LogP contribution >= 0.6 is 0 Å². The van der Waals surface area contributed by atoms with E-state index in [0.717, 1.165) is 34.1 Å². The Hall–Kier alpha value is -6.90. The van der Waals surface area contributed by atoms with Gasteiger partial charge in [0.1, 0.15) is 0 Å². The molecule has 0 bridgehead atoms. The van der Waals surface area contributed by atoms with Crippen LogP contribution in [0.5, 0.6) is 0 Å². The van der Waals surface area contributed by atoms with Gasteiger partial charge in [0, 0.05) is 34.1 Å². The van der Waals surface area contributed by atoms with Gasteiger partial charge >= 0.3 is 0 Å². The Labute approximate surface area is 305 Å². The highest BCUT2D eigenvalue weighted by molar-refractivity contribution is 5.93. The molecule has 0 saturated carbocycles. The van der Waals surface area contributed by atoms with Crippen LogP contribution in [0.15, 0.2) is 218 Å². The monoisotopic (exact) mass is 664 g/mol. The molecule has 2 nitrogen and oxygen atoms in total. The molecular formula is C50H36N2. The summed E-state index contributed by atoms with van der Waals surface area (Å²) < 4.78 is 0. The van der Waals surface area contributed by atoms with Crippen molar-refractivity contribution >= 4 is 55.7 Å². The minimum atomic E-state index is 1.08. The van der Waals surface area contributed by atoms with Crippen LogP contribution in [0.25, 0.3) is 43.8 Å². The predicted octanol–water partition coefficient (Wildman–Crippen LogP) is 14.3. The normalized spacial score (nSPS) is 11.1. The number of nitrogens with zero attached hydrogens (tertiary/aromatic N) is 2. The molecular weight excluding hydrogens is 629 g/mol. The average Bonchev–Trinajstić information content (AvgIpc) is 3.22. The van der Waals surface area contributed by atoms with Gasteiger partial charge in [-0.15, -0.1) is 0 Å². The lowest BCUT2D eigenvalue weighted by atomic mass is 9.96. The number of anilines is 6. The average molecular weight is 665 g/mol. The van der Waals surface area contributed by atoms with Crippen molar-refractivity contribution in [2.75, 3.05) is 9.80 Å². The summed E-state index contributed by atoms with van der Waals surface area (Å²) in [5.41, 5.74) is 11.4. The van der Waals surface area contributed by atoms with Crippen LogP contribution in [0.2, 0.25) is 0 Å². The molecule has 0 unspecified atom stereocenters. The van der Waals surface area contributed by atoms with Crippen molar-refractivity contribution in [2.24, 2.45) is 0 Å². The molecule has 0 N–H and O–H groups in total. The zero-order valence-corrected chi connectivity index (χ0v) is 28.7. The van der Waals surface area contributed by atoms with Crippen molar-refractivity contribution in [1.29, 1.82) is 0 Å². The molecule has 0 aliphatic rings. The van der Waals surface area contributed by atoms with E-state index in [0.29, 0.717) is 0 Å². The lowest BCUT2D eigenvalue weighted by Gasteiger charge is -2.29. The van der Waals surface area contributed by atoms with E-state index in [4.69, 9.17) is 0 Å². The molecule has 9 aromatic carbocycles. The minimum Gasteiger partial charge on any atom is -0.310 e. The first kappa shape index (κ1) is 31.1. The van der Waals surface area contributed by atoms with Gasteiger partial charge in [-0.3, -0.25) is 0 Å². The van der Waals surface area contributed by atoms with E-state index in [-0.39, 0.29) is 0 Å². The van der Waals surface area contributed by atoms with Crippen molar-refractivity contribution in [1.82, 2.24) is 0 Å². The van der Waals surface area contributed by atoms with Crippen LogP contribution in [-0.4, -0.2) is 0 Å². The largest absolute Gasteiger partial charge is 0.310 e.